The van der Waals surface area contributed by atoms with Crippen molar-refractivity contribution in [1.82, 2.24) is 10.3 Å². The van der Waals surface area contributed by atoms with Gasteiger partial charge in [0.1, 0.15) is 11.5 Å². The summed E-state index contributed by atoms with van der Waals surface area (Å²) in [4.78, 5) is 14.4. The lowest BCUT2D eigenvalue weighted by atomic mass is 10.3. The SMILES string of the molecule is CC.CNC(=O)c1ccc(F)cn1.[HH]. The minimum atomic E-state index is -0.447. The van der Waals surface area contributed by atoms with Crippen LogP contribution in [0.2, 0.25) is 0 Å². The maximum atomic E-state index is 12.3. The first-order valence-electron chi connectivity index (χ1n) is 4.07. The van der Waals surface area contributed by atoms with E-state index in [-0.39, 0.29) is 13.0 Å². The maximum absolute atomic E-state index is 12.3. The van der Waals surface area contributed by atoms with Gasteiger partial charge in [-0.3, -0.25) is 4.79 Å². The van der Waals surface area contributed by atoms with Gasteiger partial charge in [0.2, 0.25) is 0 Å². The van der Waals surface area contributed by atoms with Crippen molar-refractivity contribution in [2.45, 2.75) is 13.8 Å². The van der Waals surface area contributed by atoms with Gasteiger partial charge in [-0.25, -0.2) is 9.37 Å². The second kappa shape index (κ2) is 6.11. The van der Waals surface area contributed by atoms with E-state index in [9.17, 15) is 9.18 Å². The van der Waals surface area contributed by atoms with Crippen LogP contribution in [-0.2, 0) is 0 Å². The van der Waals surface area contributed by atoms with Crippen LogP contribution in [0.4, 0.5) is 4.39 Å². The molecular formula is C9H15FN2O. The summed E-state index contributed by atoms with van der Waals surface area (Å²) in [6, 6.07) is 2.52. The van der Waals surface area contributed by atoms with Crippen LogP contribution in [0.5, 0.6) is 0 Å². The van der Waals surface area contributed by atoms with Gasteiger partial charge in [0.05, 0.1) is 6.20 Å². The topological polar surface area (TPSA) is 42.0 Å². The molecule has 1 aromatic rings. The van der Waals surface area contributed by atoms with Crippen molar-refractivity contribution in [3.05, 3.63) is 29.8 Å². The van der Waals surface area contributed by atoms with E-state index >= 15 is 0 Å². The van der Waals surface area contributed by atoms with Crippen molar-refractivity contribution < 1.29 is 10.6 Å². The minimum Gasteiger partial charge on any atom is -0.354 e. The average molecular weight is 186 g/mol. The van der Waals surface area contributed by atoms with Gasteiger partial charge in [-0.1, -0.05) is 13.8 Å². The molecular weight excluding hydrogens is 171 g/mol. The Morgan fingerprint density at radius 3 is 2.54 bits per heavy atom. The van der Waals surface area contributed by atoms with Crippen LogP contribution >= 0.6 is 0 Å². The molecule has 3 nitrogen and oxygen atoms in total. The van der Waals surface area contributed by atoms with Crippen molar-refractivity contribution in [3.8, 4) is 0 Å². The number of pyridine rings is 1. The molecule has 13 heavy (non-hydrogen) atoms. The van der Waals surface area contributed by atoms with Crippen LogP contribution in [0.15, 0.2) is 18.3 Å². The second-order valence-corrected chi connectivity index (χ2v) is 1.94. The van der Waals surface area contributed by atoms with Crippen molar-refractivity contribution in [2.75, 3.05) is 7.05 Å². The number of carbonyl (C=O) groups is 1. The number of amides is 1. The second-order valence-electron chi connectivity index (χ2n) is 1.94. The highest BCUT2D eigenvalue weighted by atomic mass is 19.1. The Bertz CT molecular complexity index is 264. The van der Waals surface area contributed by atoms with Gasteiger partial charge in [-0.2, -0.15) is 0 Å². The third-order valence-electron chi connectivity index (χ3n) is 1.19. The van der Waals surface area contributed by atoms with Crippen LogP contribution < -0.4 is 5.32 Å². The van der Waals surface area contributed by atoms with E-state index in [0.29, 0.717) is 0 Å². The molecule has 0 radical (unpaired) electrons. The average Bonchev–Trinajstić information content (AvgIpc) is 2.21. The highest BCUT2D eigenvalue weighted by Gasteiger charge is 2.02. The summed E-state index contributed by atoms with van der Waals surface area (Å²) in [5.41, 5.74) is 0.217. The maximum Gasteiger partial charge on any atom is 0.269 e. The van der Waals surface area contributed by atoms with Gasteiger partial charge in [0.25, 0.3) is 5.91 Å². The monoisotopic (exact) mass is 186 g/mol. The Balaban J connectivity index is 0. The first-order valence-corrected chi connectivity index (χ1v) is 4.07. The normalized spacial score (nSPS) is 8.31. The standard InChI is InChI=1S/C7H7FN2O.C2H6.H2/c1-9-7(11)6-3-2-5(8)4-10-6;1-2;/h2-4H,1H3,(H,9,11);1-2H3;1H. The van der Waals surface area contributed by atoms with Crippen LogP contribution in [0, 0.1) is 5.82 Å². The molecule has 0 spiro atoms. The Morgan fingerprint density at radius 2 is 2.15 bits per heavy atom. The molecule has 0 fully saturated rings. The molecule has 0 unspecified atom stereocenters. The third-order valence-corrected chi connectivity index (χ3v) is 1.19. The number of carbonyl (C=O) groups excluding carboxylic acids is 1. The van der Waals surface area contributed by atoms with Gasteiger partial charge in [-0.05, 0) is 12.1 Å². The molecule has 0 saturated carbocycles. The van der Waals surface area contributed by atoms with Crippen LogP contribution in [-0.4, -0.2) is 17.9 Å². The molecule has 74 valence electrons. The summed E-state index contributed by atoms with van der Waals surface area (Å²) in [5.74, 6) is -0.761. The van der Waals surface area contributed by atoms with Crippen molar-refractivity contribution in [2.24, 2.45) is 0 Å². The molecule has 4 heteroatoms. The Kier molecular flexibility index (Phi) is 5.43. The van der Waals surface area contributed by atoms with Crippen molar-refractivity contribution >= 4 is 5.91 Å². The number of nitrogens with one attached hydrogen (secondary N) is 1. The Morgan fingerprint density at radius 1 is 1.54 bits per heavy atom. The number of halogens is 1. The van der Waals surface area contributed by atoms with Gasteiger partial charge < -0.3 is 5.32 Å². The van der Waals surface area contributed by atoms with Gasteiger partial charge >= 0.3 is 0 Å². The number of hydrogen-bond donors (Lipinski definition) is 1. The summed E-state index contributed by atoms with van der Waals surface area (Å²) in [6.45, 7) is 4.00. The summed E-state index contributed by atoms with van der Waals surface area (Å²) in [7, 11) is 1.49. The number of hydrogen-bond acceptors (Lipinski definition) is 2. The van der Waals surface area contributed by atoms with E-state index in [1.807, 2.05) is 13.8 Å². The molecule has 1 rings (SSSR count). The van der Waals surface area contributed by atoms with E-state index in [1.165, 1.54) is 19.2 Å². The van der Waals surface area contributed by atoms with Crippen molar-refractivity contribution in [1.29, 1.82) is 0 Å². The van der Waals surface area contributed by atoms with Gasteiger partial charge in [-0.15, -0.1) is 0 Å². The summed E-state index contributed by atoms with van der Waals surface area (Å²) in [5, 5.41) is 2.38. The molecule has 0 saturated heterocycles. The first-order chi connectivity index (χ1) is 6.24. The van der Waals surface area contributed by atoms with E-state index in [0.717, 1.165) is 6.20 Å². The zero-order chi connectivity index (χ0) is 10.3. The fourth-order valence-corrected chi connectivity index (χ4v) is 0.638. The first kappa shape index (κ1) is 11.6. The number of aromatic nitrogens is 1. The number of nitrogens with zero attached hydrogens (tertiary/aromatic N) is 1. The fraction of sp³-hybridized carbons (Fsp3) is 0.333. The molecule has 0 aromatic carbocycles. The Hall–Kier alpha value is -1.45. The fourth-order valence-electron chi connectivity index (χ4n) is 0.638. The van der Waals surface area contributed by atoms with E-state index in [4.69, 9.17) is 0 Å². The summed E-state index contributed by atoms with van der Waals surface area (Å²) in [6.07, 6.45) is 1.00. The van der Waals surface area contributed by atoms with Crippen LogP contribution in [0.1, 0.15) is 25.8 Å². The summed E-state index contributed by atoms with van der Waals surface area (Å²) < 4.78 is 12.3. The lowest BCUT2D eigenvalue weighted by Gasteiger charge is -1.96. The molecule has 0 aliphatic carbocycles. The minimum absolute atomic E-state index is 0. The largest absolute Gasteiger partial charge is 0.354 e. The van der Waals surface area contributed by atoms with E-state index in [2.05, 4.69) is 10.3 Å². The van der Waals surface area contributed by atoms with Crippen molar-refractivity contribution in [3.63, 3.8) is 0 Å². The molecule has 0 bridgehead atoms. The lowest BCUT2D eigenvalue weighted by molar-refractivity contribution is 0.0958. The third kappa shape index (κ3) is 3.64. The molecule has 1 aromatic heterocycles. The zero-order valence-electron chi connectivity index (χ0n) is 7.97. The predicted octanol–water partition coefficient (Wildman–Crippen LogP) is 1.85. The smallest absolute Gasteiger partial charge is 0.269 e. The molecule has 0 aliphatic rings. The van der Waals surface area contributed by atoms with Crippen LogP contribution in [0.25, 0.3) is 0 Å². The molecule has 1 amide bonds. The van der Waals surface area contributed by atoms with Gasteiger partial charge in [0.15, 0.2) is 0 Å². The van der Waals surface area contributed by atoms with E-state index < -0.39 is 5.82 Å². The number of rotatable bonds is 1. The predicted molar refractivity (Wildman–Crippen MR) is 51.0 cm³/mol. The highest BCUT2D eigenvalue weighted by Crippen LogP contribution is 1.96. The Labute approximate surface area is 78.5 Å². The van der Waals surface area contributed by atoms with E-state index in [1.54, 1.807) is 0 Å². The molecule has 1 N–H and O–H groups in total. The molecule has 0 aliphatic heterocycles. The van der Waals surface area contributed by atoms with Crippen LogP contribution in [0.3, 0.4) is 0 Å². The zero-order valence-corrected chi connectivity index (χ0v) is 7.97. The quantitative estimate of drug-likeness (QED) is 0.727. The summed E-state index contributed by atoms with van der Waals surface area (Å²) >= 11 is 0. The molecule has 0 atom stereocenters. The molecule has 1 heterocycles. The van der Waals surface area contributed by atoms with Gasteiger partial charge in [0, 0.05) is 8.47 Å². The lowest BCUT2D eigenvalue weighted by Crippen LogP contribution is -2.18. The highest BCUT2D eigenvalue weighted by molar-refractivity contribution is 5.91.